The largest absolute Gasteiger partial charge is 0.426 e. The van der Waals surface area contributed by atoms with Crippen molar-refractivity contribution < 1.29 is 9.53 Å². The number of H-pyrrole nitrogens is 1. The Balaban J connectivity index is 1.90. The van der Waals surface area contributed by atoms with Crippen molar-refractivity contribution >= 4 is 39.9 Å². The van der Waals surface area contributed by atoms with E-state index in [1.807, 2.05) is 25.1 Å². The summed E-state index contributed by atoms with van der Waals surface area (Å²) in [7, 11) is 0. The highest BCUT2D eigenvalue weighted by Gasteiger charge is 2.10. The lowest BCUT2D eigenvalue weighted by Gasteiger charge is -2.02. The number of aromatic nitrogens is 2. The first-order valence-electron chi connectivity index (χ1n) is 6.62. The maximum atomic E-state index is 11.5. The average Bonchev–Trinajstić information content (AvgIpc) is 3.04. The standard InChI is InChI=1S/C15H13ClN2O2S/c1-2-3-14(19)20-9-4-5-10-11(8-9)18-15(17-10)12-6-7-13(16)21-12/h4-8H,2-3H2,1H3,(H,17,18). The summed E-state index contributed by atoms with van der Waals surface area (Å²) in [5, 5.41) is 0. The van der Waals surface area contributed by atoms with Crippen molar-refractivity contribution in [2.24, 2.45) is 0 Å². The molecule has 0 amide bonds. The van der Waals surface area contributed by atoms with Crippen LogP contribution in [0.25, 0.3) is 21.7 Å². The third kappa shape index (κ3) is 3.09. The second kappa shape index (κ2) is 5.87. The van der Waals surface area contributed by atoms with E-state index in [-0.39, 0.29) is 5.97 Å². The lowest BCUT2D eigenvalue weighted by Crippen LogP contribution is -2.06. The number of thiophene rings is 1. The van der Waals surface area contributed by atoms with Crippen molar-refractivity contribution in [2.75, 3.05) is 0 Å². The molecular weight excluding hydrogens is 308 g/mol. The van der Waals surface area contributed by atoms with Crippen molar-refractivity contribution in [3.8, 4) is 16.5 Å². The maximum absolute atomic E-state index is 11.5. The number of halogens is 1. The van der Waals surface area contributed by atoms with Gasteiger partial charge in [-0.15, -0.1) is 11.3 Å². The Morgan fingerprint density at radius 2 is 2.24 bits per heavy atom. The smallest absolute Gasteiger partial charge is 0.311 e. The number of hydrogen-bond acceptors (Lipinski definition) is 4. The summed E-state index contributed by atoms with van der Waals surface area (Å²) in [6.45, 7) is 1.94. The molecule has 1 aromatic carbocycles. The fourth-order valence-electron chi connectivity index (χ4n) is 1.99. The van der Waals surface area contributed by atoms with E-state index in [0.29, 0.717) is 12.2 Å². The van der Waals surface area contributed by atoms with Crippen LogP contribution in [-0.4, -0.2) is 15.9 Å². The minimum atomic E-state index is -0.224. The lowest BCUT2D eigenvalue weighted by atomic mass is 10.3. The van der Waals surface area contributed by atoms with Crippen LogP contribution in [0.15, 0.2) is 30.3 Å². The van der Waals surface area contributed by atoms with Gasteiger partial charge in [0.2, 0.25) is 0 Å². The molecule has 0 aliphatic carbocycles. The van der Waals surface area contributed by atoms with Crippen LogP contribution < -0.4 is 4.74 Å². The molecule has 0 unspecified atom stereocenters. The van der Waals surface area contributed by atoms with Gasteiger partial charge in [-0.1, -0.05) is 18.5 Å². The summed E-state index contributed by atoms with van der Waals surface area (Å²) in [5.41, 5.74) is 1.65. The van der Waals surface area contributed by atoms with Crippen LogP contribution in [0.1, 0.15) is 19.8 Å². The molecule has 1 N–H and O–H groups in total. The summed E-state index contributed by atoms with van der Waals surface area (Å²) in [4.78, 5) is 20.2. The number of rotatable bonds is 4. The first-order chi connectivity index (χ1) is 10.2. The monoisotopic (exact) mass is 320 g/mol. The number of benzene rings is 1. The minimum Gasteiger partial charge on any atom is -0.426 e. The van der Waals surface area contributed by atoms with Gasteiger partial charge in [0.05, 0.1) is 20.2 Å². The third-order valence-electron chi connectivity index (χ3n) is 2.95. The summed E-state index contributed by atoms with van der Waals surface area (Å²) >= 11 is 7.40. The van der Waals surface area contributed by atoms with Crippen molar-refractivity contribution in [1.82, 2.24) is 9.97 Å². The molecule has 0 atom stereocenters. The molecule has 0 saturated heterocycles. The number of nitrogens with zero attached hydrogens (tertiary/aromatic N) is 1. The van der Waals surface area contributed by atoms with Crippen LogP contribution in [0.2, 0.25) is 4.34 Å². The first-order valence-corrected chi connectivity index (χ1v) is 7.81. The molecule has 2 aromatic heterocycles. The second-order valence-electron chi connectivity index (χ2n) is 4.59. The van der Waals surface area contributed by atoms with Crippen molar-refractivity contribution in [3.63, 3.8) is 0 Å². The Labute approximate surface area is 130 Å². The van der Waals surface area contributed by atoms with E-state index in [1.54, 1.807) is 12.1 Å². The molecule has 4 nitrogen and oxygen atoms in total. The zero-order chi connectivity index (χ0) is 14.8. The van der Waals surface area contributed by atoms with E-state index in [9.17, 15) is 4.79 Å². The number of fused-ring (bicyclic) bond motifs is 1. The van der Waals surface area contributed by atoms with Gasteiger partial charge in [-0.25, -0.2) is 4.98 Å². The molecule has 0 fully saturated rings. The zero-order valence-corrected chi connectivity index (χ0v) is 12.9. The fourth-order valence-corrected chi connectivity index (χ4v) is 2.98. The molecule has 0 aliphatic heterocycles. The van der Waals surface area contributed by atoms with Gasteiger partial charge in [-0.05, 0) is 30.7 Å². The van der Waals surface area contributed by atoms with Crippen LogP contribution >= 0.6 is 22.9 Å². The van der Waals surface area contributed by atoms with E-state index in [2.05, 4.69) is 9.97 Å². The van der Waals surface area contributed by atoms with Gasteiger partial charge in [-0.2, -0.15) is 0 Å². The second-order valence-corrected chi connectivity index (χ2v) is 6.31. The van der Waals surface area contributed by atoms with E-state index in [0.717, 1.165) is 32.5 Å². The molecular formula is C15H13ClN2O2S. The van der Waals surface area contributed by atoms with Gasteiger partial charge in [0, 0.05) is 12.5 Å². The molecule has 108 valence electrons. The summed E-state index contributed by atoms with van der Waals surface area (Å²) in [5.74, 6) is 1.06. The summed E-state index contributed by atoms with van der Waals surface area (Å²) in [6.07, 6.45) is 1.18. The summed E-state index contributed by atoms with van der Waals surface area (Å²) < 4.78 is 5.99. The van der Waals surface area contributed by atoms with Gasteiger partial charge in [0.25, 0.3) is 0 Å². The quantitative estimate of drug-likeness (QED) is 0.562. The molecule has 0 saturated carbocycles. The lowest BCUT2D eigenvalue weighted by molar-refractivity contribution is -0.134. The number of carbonyl (C=O) groups excluding carboxylic acids is 1. The Kier molecular flexibility index (Phi) is 3.94. The average molecular weight is 321 g/mol. The number of esters is 1. The highest BCUT2D eigenvalue weighted by Crippen LogP contribution is 2.31. The number of nitrogens with one attached hydrogen (secondary N) is 1. The Morgan fingerprint density at radius 3 is 2.95 bits per heavy atom. The van der Waals surface area contributed by atoms with Crippen LogP contribution in [0.3, 0.4) is 0 Å². The molecule has 0 bridgehead atoms. The van der Waals surface area contributed by atoms with Crippen LogP contribution in [0, 0.1) is 0 Å². The number of carbonyl (C=O) groups is 1. The molecule has 21 heavy (non-hydrogen) atoms. The maximum Gasteiger partial charge on any atom is 0.311 e. The Hall–Kier alpha value is -1.85. The SMILES string of the molecule is CCCC(=O)Oc1ccc2[nH]c(-c3ccc(Cl)s3)nc2c1. The predicted molar refractivity (Wildman–Crippen MR) is 85.0 cm³/mol. The molecule has 0 aliphatic rings. The summed E-state index contributed by atoms with van der Waals surface area (Å²) in [6, 6.07) is 9.15. The molecule has 3 rings (SSSR count). The normalized spacial score (nSPS) is 11.0. The van der Waals surface area contributed by atoms with Gasteiger partial charge in [0.1, 0.15) is 11.6 Å². The predicted octanol–water partition coefficient (Wildman–Crippen LogP) is 4.65. The number of hydrogen-bond donors (Lipinski definition) is 1. The van der Waals surface area contributed by atoms with Crippen LogP contribution in [-0.2, 0) is 4.79 Å². The number of imidazole rings is 1. The minimum absolute atomic E-state index is 0.224. The van der Waals surface area contributed by atoms with E-state index in [1.165, 1.54) is 11.3 Å². The van der Waals surface area contributed by atoms with Gasteiger partial charge < -0.3 is 9.72 Å². The third-order valence-corrected chi connectivity index (χ3v) is 4.18. The van der Waals surface area contributed by atoms with Crippen LogP contribution in [0.5, 0.6) is 5.75 Å². The number of ether oxygens (including phenoxy) is 1. The first kappa shape index (κ1) is 14.1. The van der Waals surface area contributed by atoms with Gasteiger partial charge >= 0.3 is 5.97 Å². The molecule has 3 aromatic rings. The van der Waals surface area contributed by atoms with E-state index < -0.39 is 0 Å². The molecule has 2 heterocycles. The zero-order valence-electron chi connectivity index (χ0n) is 11.4. The van der Waals surface area contributed by atoms with Crippen molar-refractivity contribution in [1.29, 1.82) is 0 Å². The van der Waals surface area contributed by atoms with Crippen molar-refractivity contribution in [3.05, 3.63) is 34.7 Å². The highest BCUT2D eigenvalue weighted by molar-refractivity contribution is 7.19. The Morgan fingerprint density at radius 1 is 1.38 bits per heavy atom. The topological polar surface area (TPSA) is 55.0 Å². The van der Waals surface area contributed by atoms with Gasteiger partial charge in [-0.3, -0.25) is 4.79 Å². The molecule has 0 radical (unpaired) electrons. The Bertz CT molecular complexity index is 794. The highest BCUT2D eigenvalue weighted by atomic mass is 35.5. The van der Waals surface area contributed by atoms with Crippen molar-refractivity contribution in [2.45, 2.75) is 19.8 Å². The number of aromatic amines is 1. The van der Waals surface area contributed by atoms with Crippen LogP contribution in [0.4, 0.5) is 0 Å². The fraction of sp³-hybridized carbons (Fsp3) is 0.200. The van der Waals surface area contributed by atoms with E-state index >= 15 is 0 Å². The molecule has 6 heteroatoms. The molecule has 0 spiro atoms. The van der Waals surface area contributed by atoms with Gasteiger partial charge in [0.15, 0.2) is 0 Å². The van der Waals surface area contributed by atoms with E-state index in [4.69, 9.17) is 16.3 Å².